The third-order valence-electron chi connectivity index (χ3n) is 2.52. The van der Waals surface area contributed by atoms with Crippen LogP contribution in [-0.2, 0) is 0 Å². The number of nitro groups is 1. The summed E-state index contributed by atoms with van der Waals surface area (Å²) in [6, 6.07) is 5.23. The maximum absolute atomic E-state index is 10.8. The molecule has 0 saturated carbocycles. The minimum atomic E-state index is -0.347. The van der Waals surface area contributed by atoms with E-state index >= 15 is 0 Å². The van der Waals surface area contributed by atoms with Crippen LogP contribution in [0.5, 0.6) is 0 Å². The molecule has 0 atom stereocenters. The summed E-state index contributed by atoms with van der Waals surface area (Å²) >= 11 is 0. The van der Waals surface area contributed by atoms with Crippen LogP contribution in [0.2, 0.25) is 0 Å². The summed E-state index contributed by atoms with van der Waals surface area (Å²) < 4.78 is 0. The molecule has 1 rings (SSSR count). The van der Waals surface area contributed by atoms with Crippen LogP contribution < -0.4 is 5.32 Å². The predicted octanol–water partition coefficient (Wildman–Crippen LogP) is 2.27. The zero-order chi connectivity index (χ0) is 12.8. The first-order valence-electron chi connectivity index (χ1n) is 5.64. The number of anilines is 1. The quantitative estimate of drug-likeness (QED) is 0.468. The first-order chi connectivity index (χ1) is 8.00. The van der Waals surface area contributed by atoms with E-state index in [4.69, 9.17) is 0 Å². The van der Waals surface area contributed by atoms with Crippen molar-refractivity contribution in [1.29, 1.82) is 0 Å². The molecule has 0 aliphatic heterocycles. The fourth-order valence-corrected chi connectivity index (χ4v) is 1.54. The largest absolute Gasteiger partial charge is 0.385 e. The Morgan fingerprint density at radius 1 is 1.41 bits per heavy atom. The van der Waals surface area contributed by atoms with Gasteiger partial charge in [0.15, 0.2) is 0 Å². The lowest BCUT2D eigenvalue weighted by atomic mass is 10.2. The van der Waals surface area contributed by atoms with Gasteiger partial charge in [0, 0.05) is 23.9 Å². The van der Waals surface area contributed by atoms with Crippen LogP contribution in [0, 0.1) is 17.0 Å². The molecule has 1 aromatic carbocycles. The fraction of sp³-hybridized carbons (Fsp3) is 0.500. The smallest absolute Gasteiger partial charge is 0.274 e. The van der Waals surface area contributed by atoms with Gasteiger partial charge in [-0.05, 0) is 40.1 Å². The van der Waals surface area contributed by atoms with Gasteiger partial charge >= 0.3 is 0 Å². The number of nitrogens with zero attached hydrogens (tertiary/aromatic N) is 2. The Kier molecular flexibility index (Phi) is 4.90. The van der Waals surface area contributed by atoms with Crippen molar-refractivity contribution < 1.29 is 4.92 Å². The number of aryl methyl sites for hydroxylation is 1. The maximum atomic E-state index is 10.8. The Balaban J connectivity index is 2.54. The Labute approximate surface area is 102 Å². The molecule has 5 nitrogen and oxygen atoms in total. The zero-order valence-electron chi connectivity index (χ0n) is 10.6. The van der Waals surface area contributed by atoms with E-state index in [-0.39, 0.29) is 10.6 Å². The van der Waals surface area contributed by atoms with Gasteiger partial charge in [-0.2, -0.15) is 0 Å². The molecule has 17 heavy (non-hydrogen) atoms. The lowest BCUT2D eigenvalue weighted by Gasteiger charge is -2.10. The predicted molar refractivity (Wildman–Crippen MR) is 69.5 cm³/mol. The number of hydrogen-bond acceptors (Lipinski definition) is 4. The number of nitro benzene ring substituents is 1. The topological polar surface area (TPSA) is 58.4 Å². The molecular formula is C12H19N3O2. The summed E-state index contributed by atoms with van der Waals surface area (Å²) in [5.74, 6) is 0. The molecule has 0 bridgehead atoms. The second-order valence-electron chi connectivity index (χ2n) is 4.34. The second-order valence-corrected chi connectivity index (χ2v) is 4.34. The van der Waals surface area contributed by atoms with Gasteiger partial charge in [-0.15, -0.1) is 0 Å². The average molecular weight is 237 g/mol. The molecule has 1 N–H and O–H groups in total. The Hall–Kier alpha value is -1.62. The summed E-state index contributed by atoms with van der Waals surface area (Å²) in [4.78, 5) is 12.5. The molecule has 0 aromatic heterocycles. The molecule has 0 aliphatic rings. The van der Waals surface area contributed by atoms with E-state index in [0.717, 1.165) is 25.2 Å². The van der Waals surface area contributed by atoms with Crippen molar-refractivity contribution in [3.05, 3.63) is 33.9 Å². The Morgan fingerprint density at radius 2 is 2.12 bits per heavy atom. The lowest BCUT2D eigenvalue weighted by molar-refractivity contribution is -0.385. The van der Waals surface area contributed by atoms with Crippen molar-refractivity contribution in [1.82, 2.24) is 4.90 Å². The van der Waals surface area contributed by atoms with Crippen molar-refractivity contribution >= 4 is 11.4 Å². The molecule has 0 unspecified atom stereocenters. The number of rotatable bonds is 6. The van der Waals surface area contributed by atoms with Crippen molar-refractivity contribution in [3.8, 4) is 0 Å². The first kappa shape index (κ1) is 13.4. The highest BCUT2D eigenvalue weighted by Crippen LogP contribution is 2.22. The molecular weight excluding hydrogens is 218 g/mol. The van der Waals surface area contributed by atoms with Gasteiger partial charge in [0.25, 0.3) is 5.69 Å². The minimum absolute atomic E-state index is 0.169. The van der Waals surface area contributed by atoms with Gasteiger partial charge in [0.2, 0.25) is 0 Å². The van der Waals surface area contributed by atoms with Crippen molar-refractivity contribution in [2.45, 2.75) is 13.3 Å². The van der Waals surface area contributed by atoms with Crippen LogP contribution in [0.3, 0.4) is 0 Å². The fourth-order valence-electron chi connectivity index (χ4n) is 1.54. The van der Waals surface area contributed by atoms with Crippen LogP contribution in [0.4, 0.5) is 11.4 Å². The van der Waals surface area contributed by atoms with Crippen LogP contribution in [0.25, 0.3) is 0 Å². The van der Waals surface area contributed by atoms with E-state index in [1.165, 1.54) is 0 Å². The van der Waals surface area contributed by atoms with Crippen molar-refractivity contribution in [3.63, 3.8) is 0 Å². The minimum Gasteiger partial charge on any atom is -0.385 e. The van der Waals surface area contributed by atoms with Gasteiger partial charge < -0.3 is 10.2 Å². The van der Waals surface area contributed by atoms with Gasteiger partial charge in [-0.3, -0.25) is 10.1 Å². The highest BCUT2D eigenvalue weighted by atomic mass is 16.6. The molecule has 0 spiro atoms. The number of nitrogens with one attached hydrogen (secondary N) is 1. The van der Waals surface area contributed by atoms with Gasteiger partial charge in [-0.25, -0.2) is 0 Å². The average Bonchev–Trinajstić information content (AvgIpc) is 2.25. The van der Waals surface area contributed by atoms with Gasteiger partial charge in [0.05, 0.1) is 4.92 Å². The van der Waals surface area contributed by atoms with Crippen LogP contribution in [0.15, 0.2) is 18.2 Å². The van der Waals surface area contributed by atoms with Crippen LogP contribution in [0.1, 0.15) is 12.0 Å². The zero-order valence-corrected chi connectivity index (χ0v) is 10.6. The number of hydrogen-bond donors (Lipinski definition) is 1. The molecule has 94 valence electrons. The third kappa shape index (κ3) is 4.40. The normalized spacial score (nSPS) is 10.6. The molecule has 0 amide bonds. The summed E-state index contributed by atoms with van der Waals surface area (Å²) in [5.41, 5.74) is 1.66. The molecule has 0 saturated heterocycles. The molecule has 0 heterocycles. The van der Waals surface area contributed by atoms with Crippen LogP contribution in [-0.4, -0.2) is 37.0 Å². The summed E-state index contributed by atoms with van der Waals surface area (Å²) in [6.07, 6.45) is 1.01. The summed E-state index contributed by atoms with van der Waals surface area (Å²) in [6.45, 7) is 3.56. The maximum Gasteiger partial charge on any atom is 0.274 e. The van der Waals surface area contributed by atoms with Gasteiger partial charge in [-0.1, -0.05) is 6.07 Å². The van der Waals surface area contributed by atoms with Gasteiger partial charge in [0.1, 0.15) is 0 Å². The third-order valence-corrected chi connectivity index (χ3v) is 2.52. The molecule has 5 heteroatoms. The second kappa shape index (κ2) is 6.20. The van der Waals surface area contributed by atoms with Crippen LogP contribution >= 0.6 is 0 Å². The SMILES string of the molecule is Cc1ccc(NCCCN(C)C)cc1[N+](=O)[O-]. The van der Waals surface area contributed by atoms with E-state index in [1.807, 2.05) is 20.2 Å². The molecule has 0 fully saturated rings. The monoisotopic (exact) mass is 237 g/mol. The molecule has 1 aromatic rings. The Morgan fingerprint density at radius 3 is 2.71 bits per heavy atom. The van der Waals surface area contributed by atoms with Crippen molar-refractivity contribution in [2.75, 3.05) is 32.5 Å². The Bertz CT molecular complexity index is 391. The highest BCUT2D eigenvalue weighted by Gasteiger charge is 2.10. The van der Waals surface area contributed by atoms with E-state index in [2.05, 4.69) is 10.2 Å². The van der Waals surface area contributed by atoms with E-state index in [0.29, 0.717) is 5.56 Å². The summed E-state index contributed by atoms with van der Waals surface area (Å²) in [5, 5.41) is 14.0. The van der Waals surface area contributed by atoms with Crippen molar-refractivity contribution in [2.24, 2.45) is 0 Å². The first-order valence-corrected chi connectivity index (χ1v) is 5.64. The standard InChI is InChI=1S/C12H19N3O2/c1-10-5-6-11(9-12(10)15(16)17)13-7-4-8-14(2)3/h5-6,9,13H,4,7-8H2,1-3H3. The summed E-state index contributed by atoms with van der Waals surface area (Å²) in [7, 11) is 4.05. The van der Waals surface area contributed by atoms with E-state index in [9.17, 15) is 10.1 Å². The molecule has 0 aliphatic carbocycles. The van der Waals surface area contributed by atoms with E-state index in [1.54, 1.807) is 19.1 Å². The number of benzene rings is 1. The lowest BCUT2D eigenvalue weighted by Crippen LogP contribution is -2.16. The van der Waals surface area contributed by atoms with E-state index < -0.39 is 0 Å². The highest BCUT2D eigenvalue weighted by molar-refractivity contribution is 5.54. The molecule has 0 radical (unpaired) electrons.